The van der Waals surface area contributed by atoms with Crippen LogP contribution in [0, 0.1) is 0 Å². The van der Waals surface area contributed by atoms with Gasteiger partial charge in [0.2, 0.25) is 0 Å². The maximum absolute atomic E-state index is 11.5. The largest absolute Gasteiger partial charge is 0.372 e. The fraction of sp³-hybridized carbons (Fsp3) is 0.435. The Kier molecular flexibility index (Phi) is 9.67. The van der Waals surface area contributed by atoms with E-state index in [1.165, 1.54) is 11.9 Å². The lowest BCUT2D eigenvalue weighted by atomic mass is 10.1. The zero-order valence-electron chi connectivity index (χ0n) is 18.3. The van der Waals surface area contributed by atoms with Crippen LogP contribution in [0.25, 0.3) is 0 Å². The van der Waals surface area contributed by atoms with Crippen molar-refractivity contribution in [3.8, 4) is 0 Å². The molecule has 2 aromatic rings. The molecule has 0 aromatic heterocycles. The molecule has 0 spiro atoms. The molecule has 0 radical (unpaired) electrons. The fourth-order valence-electron chi connectivity index (χ4n) is 3.13. The Morgan fingerprint density at radius 1 is 1.00 bits per heavy atom. The van der Waals surface area contributed by atoms with Crippen molar-refractivity contribution in [1.29, 1.82) is 0 Å². The zero-order valence-corrected chi connectivity index (χ0v) is 19.1. The highest BCUT2D eigenvalue weighted by Gasteiger charge is 2.06. The van der Waals surface area contributed by atoms with Crippen LogP contribution in [0.15, 0.2) is 64.5 Å². The topological polar surface area (TPSA) is 73.8 Å². The number of benzene rings is 2. The third-order valence-corrected chi connectivity index (χ3v) is 5.89. The molecule has 0 fully saturated rings. The lowest BCUT2D eigenvalue weighted by Crippen LogP contribution is -2.38. The Hall–Kier alpha value is -2.54. The molecule has 0 bridgehead atoms. The monoisotopic (exact) mass is 430 g/mol. The summed E-state index contributed by atoms with van der Waals surface area (Å²) in [7, 11) is -3.15. The second kappa shape index (κ2) is 12.2. The van der Waals surface area contributed by atoms with Crippen LogP contribution in [0.4, 0.5) is 5.69 Å². The third kappa shape index (κ3) is 8.06. The fourth-order valence-corrected chi connectivity index (χ4v) is 3.76. The van der Waals surface area contributed by atoms with Crippen LogP contribution in [-0.2, 0) is 16.3 Å². The van der Waals surface area contributed by atoms with E-state index in [0.717, 1.165) is 57.1 Å². The Balaban J connectivity index is 1.79. The van der Waals surface area contributed by atoms with E-state index >= 15 is 0 Å². The highest BCUT2D eigenvalue weighted by molar-refractivity contribution is 7.90. The molecular formula is C23H34N4O2S. The molecule has 0 aliphatic heterocycles. The SMILES string of the molecule is CCNC(=NCCCN(CC)c1ccccc1)NCCc1ccc(S(C)(=O)=O)cc1. The van der Waals surface area contributed by atoms with E-state index in [1.807, 2.05) is 18.2 Å². The van der Waals surface area contributed by atoms with Crippen LogP contribution in [0.5, 0.6) is 0 Å². The molecule has 6 nitrogen and oxygen atoms in total. The second-order valence-electron chi connectivity index (χ2n) is 7.12. The predicted octanol–water partition coefficient (Wildman–Crippen LogP) is 3.10. The smallest absolute Gasteiger partial charge is 0.191 e. The normalized spacial score (nSPS) is 11.9. The molecule has 0 heterocycles. The standard InChI is InChI=1S/C23H34N4O2S/c1-4-24-23(25-17-9-19-27(5-2)21-10-7-6-8-11-21)26-18-16-20-12-14-22(15-13-20)30(3,28)29/h6-8,10-15H,4-5,9,16-19H2,1-3H3,(H2,24,25,26). The van der Waals surface area contributed by atoms with Crippen molar-refractivity contribution in [2.24, 2.45) is 4.99 Å². The first-order valence-electron chi connectivity index (χ1n) is 10.5. The van der Waals surface area contributed by atoms with Gasteiger partial charge in [-0.2, -0.15) is 0 Å². The van der Waals surface area contributed by atoms with E-state index in [9.17, 15) is 8.42 Å². The molecule has 2 N–H and O–H groups in total. The highest BCUT2D eigenvalue weighted by Crippen LogP contribution is 2.13. The number of nitrogens with one attached hydrogen (secondary N) is 2. The summed E-state index contributed by atoms with van der Waals surface area (Å²) in [6.07, 6.45) is 3.00. The average molecular weight is 431 g/mol. The van der Waals surface area contributed by atoms with Gasteiger partial charge in [0, 0.05) is 44.7 Å². The molecule has 7 heteroatoms. The van der Waals surface area contributed by atoms with Crippen LogP contribution < -0.4 is 15.5 Å². The number of nitrogens with zero attached hydrogens (tertiary/aromatic N) is 2. The van der Waals surface area contributed by atoms with Gasteiger partial charge in [-0.05, 0) is 56.5 Å². The Morgan fingerprint density at radius 3 is 2.30 bits per heavy atom. The summed E-state index contributed by atoms with van der Waals surface area (Å²) in [4.78, 5) is 7.39. The van der Waals surface area contributed by atoms with Gasteiger partial charge in [-0.1, -0.05) is 30.3 Å². The number of sulfone groups is 1. The maximum Gasteiger partial charge on any atom is 0.191 e. The third-order valence-electron chi connectivity index (χ3n) is 4.76. The van der Waals surface area contributed by atoms with Crippen molar-refractivity contribution in [2.75, 3.05) is 43.9 Å². The van der Waals surface area contributed by atoms with Crippen molar-refractivity contribution in [3.63, 3.8) is 0 Å². The van der Waals surface area contributed by atoms with Gasteiger partial charge in [-0.3, -0.25) is 4.99 Å². The molecule has 164 valence electrons. The van der Waals surface area contributed by atoms with Gasteiger partial charge in [0.1, 0.15) is 0 Å². The number of aliphatic imine (C=N–C) groups is 1. The van der Waals surface area contributed by atoms with E-state index < -0.39 is 9.84 Å². The molecular weight excluding hydrogens is 396 g/mol. The van der Waals surface area contributed by atoms with Crippen molar-refractivity contribution >= 4 is 21.5 Å². The molecule has 2 aromatic carbocycles. The van der Waals surface area contributed by atoms with Crippen molar-refractivity contribution in [2.45, 2.75) is 31.6 Å². The van der Waals surface area contributed by atoms with E-state index in [2.05, 4.69) is 58.6 Å². The minimum absolute atomic E-state index is 0.353. The number of guanidine groups is 1. The van der Waals surface area contributed by atoms with Crippen molar-refractivity contribution < 1.29 is 8.42 Å². The molecule has 0 atom stereocenters. The minimum Gasteiger partial charge on any atom is -0.372 e. The summed E-state index contributed by atoms with van der Waals surface area (Å²) in [5.41, 5.74) is 2.34. The lowest BCUT2D eigenvalue weighted by molar-refractivity contribution is 0.602. The van der Waals surface area contributed by atoms with Crippen molar-refractivity contribution in [1.82, 2.24) is 10.6 Å². The van der Waals surface area contributed by atoms with Crippen LogP contribution in [0.1, 0.15) is 25.8 Å². The van der Waals surface area contributed by atoms with Gasteiger partial charge in [0.15, 0.2) is 15.8 Å². The van der Waals surface area contributed by atoms with Gasteiger partial charge in [0.25, 0.3) is 0 Å². The van der Waals surface area contributed by atoms with Crippen LogP contribution in [-0.4, -0.2) is 53.4 Å². The molecule has 0 aliphatic rings. The van der Waals surface area contributed by atoms with E-state index in [4.69, 9.17) is 0 Å². The van der Waals surface area contributed by atoms with Crippen molar-refractivity contribution in [3.05, 3.63) is 60.2 Å². The summed E-state index contributed by atoms with van der Waals surface area (Å²) in [5, 5.41) is 6.63. The predicted molar refractivity (Wildman–Crippen MR) is 126 cm³/mol. The summed E-state index contributed by atoms with van der Waals surface area (Å²) < 4.78 is 23.1. The van der Waals surface area contributed by atoms with Gasteiger partial charge in [-0.25, -0.2) is 8.42 Å². The lowest BCUT2D eigenvalue weighted by Gasteiger charge is -2.22. The number of rotatable bonds is 11. The number of hydrogen-bond acceptors (Lipinski definition) is 4. The quantitative estimate of drug-likeness (QED) is 0.326. The number of anilines is 1. The molecule has 2 rings (SSSR count). The first-order chi connectivity index (χ1) is 14.4. The molecule has 0 unspecified atom stereocenters. The average Bonchev–Trinajstić information content (AvgIpc) is 2.74. The van der Waals surface area contributed by atoms with E-state index in [1.54, 1.807) is 12.1 Å². The van der Waals surface area contributed by atoms with Crippen LogP contribution in [0.2, 0.25) is 0 Å². The van der Waals surface area contributed by atoms with Crippen LogP contribution in [0.3, 0.4) is 0 Å². The van der Waals surface area contributed by atoms with E-state index in [0.29, 0.717) is 4.90 Å². The second-order valence-corrected chi connectivity index (χ2v) is 9.14. The Labute approximate surface area is 181 Å². The molecule has 30 heavy (non-hydrogen) atoms. The zero-order chi connectivity index (χ0) is 21.8. The van der Waals surface area contributed by atoms with Gasteiger partial charge < -0.3 is 15.5 Å². The van der Waals surface area contributed by atoms with Gasteiger partial charge in [-0.15, -0.1) is 0 Å². The van der Waals surface area contributed by atoms with E-state index in [-0.39, 0.29) is 0 Å². The summed E-state index contributed by atoms with van der Waals surface area (Å²) in [5.74, 6) is 0.813. The Bertz CT molecular complexity index is 881. The Morgan fingerprint density at radius 2 is 1.70 bits per heavy atom. The highest BCUT2D eigenvalue weighted by atomic mass is 32.2. The number of hydrogen-bond donors (Lipinski definition) is 2. The summed E-state index contributed by atoms with van der Waals surface area (Å²) in [6.45, 7) is 8.46. The number of para-hydroxylation sites is 1. The summed E-state index contributed by atoms with van der Waals surface area (Å²) in [6, 6.07) is 17.5. The van der Waals surface area contributed by atoms with Gasteiger partial charge in [0.05, 0.1) is 4.90 Å². The van der Waals surface area contributed by atoms with Gasteiger partial charge >= 0.3 is 0 Å². The molecule has 0 saturated heterocycles. The molecule has 0 saturated carbocycles. The first kappa shape index (κ1) is 23.7. The minimum atomic E-state index is -3.15. The molecule has 0 amide bonds. The first-order valence-corrected chi connectivity index (χ1v) is 12.4. The molecule has 0 aliphatic carbocycles. The maximum atomic E-state index is 11.5. The summed E-state index contributed by atoms with van der Waals surface area (Å²) >= 11 is 0. The van der Waals surface area contributed by atoms with Crippen LogP contribution >= 0.6 is 0 Å².